The molecule has 1 N–H and O–H groups in total. The molecule has 0 spiro atoms. The van der Waals surface area contributed by atoms with Gasteiger partial charge in [0.05, 0.1) is 4.90 Å². The smallest absolute Gasteiger partial charge is 0.235 e. The lowest BCUT2D eigenvalue weighted by Crippen LogP contribution is -2.43. The van der Waals surface area contributed by atoms with E-state index in [1.54, 1.807) is 39.0 Å². The molecule has 0 heterocycles. The normalized spacial score (nSPS) is 12.2. The molecular weight excluding hydrogens is 238 g/mol. The first-order valence-corrected chi connectivity index (χ1v) is 6.95. The van der Waals surface area contributed by atoms with Crippen LogP contribution in [0.2, 0.25) is 0 Å². The molecule has 17 heavy (non-hydrogen) atoms. The van der Waals surface area contributed by atoms with Gasteiger partial charge in [-0.2, -0.15) is 0 Å². The summed E-state index contributed by atoms with van der Waals surface area (Å²) in [6, 6.07) is 7.97. The summed E-state index contributed by atoms with van der Waals surface area (Å²) in [7, 11) is -3.54. The van der Waals surface area contributed by atoms with Crippen LogP contribution in [0.4, 0.5) is 0 Å². The minimum absolute atomic E-state index is 0.170. The number of carbonyl (C=O) groups excluding carboxylic acids is 1. The molecule has 5 heteroatoms. The van der Waals surface area contributed by atoms with E-state index in [0.717, 1.165) is 0 Å². The van der Waals surface area contributed by atoms with Crippen molar-refractivity contribution in [3.63, 3.8) is 0 Å². The van der Waals surface area contributed by atoms with Crippen LogP contribution in [0.15, 0.2) is 35.2 Å². The highest BCUT2D eigenvalue weighted by Gasteiger charge is 2.22. The Kier molecular flexibility index (Phi) is 3.93. The summed E-state index contributed by atoms with van der Waals surface area (Å²) in [5.41, 5.74) is -0.427. The molecule has 94 valence electrons. The highest BCUT2D eigenvalue weighted by atomic mass is 32.2. The minimum atomic E-state index is -3.54. The average molecular weight is 255 g/mol. The quantitative estimate of drug-likeness (QED) is 0.887. The molecule has 0 aliphatic heterocycles. The van der Waals surface area contributed by atoms with Crippen LogP contribution in [0, 0.1) is 0 Å². The number of sulfone groups is 1. The van der Waals surface area contributed by atoms with Crippen molar-refractivity contribution < 1.29 is 13.2 Å². The topological polar surface area (TPSA) is 63.2 Å². The molecule has 1 amide bonds. The Bertz CT molecular complexity index is 486. The Morgan fingerprint density at radius 1 is 1.18 bits per heavy atom. The molecule has 4 nitrogen and oxygen atoms in total. The van der Waals surface area contributed by atoms with Crippen LogP contribution >= 0.6 is 0 Å². The van der Waals surface area contributed by atoms with Gasteiger partial charge in [-0.05, 0) is 32.9 Å². The molecule has 0 aliphatic rings. The fourth-order valence-electron chi connectivity index (χ4n) is 1.34. The van der Waals surface area contributed by atoms with Crippen LogP contribution in [-0.2, 0) is 14.6 Å². The van der Waals surface area contributed by atoms with Crippen molar-refractivity contribution in [3.05, 3.63) is 30.3 Å². The summed E-state index contributed by atoms with van der Waals surface area (Å²) in [6.45, 7) is 5.42. The monoisotopic (exact) mass is 255 g/mol. The van der Waals surface area contributed by atoms with Gasteiger partial charge in [0.15, 0.2) is 9.84 Å². The maximum atomic E-state index is 11.9. The predicted molar refractivity (Wildman–Crippen MR) is 66.4 cm³/mol. The predicted octanol–water partition coefficient (Wildman–Crippen LogP) is 1.37. The molecular formula is C12H17NO3S. The molecule has 0 radical (unpaired) electrons. The van der Waals surface area contributed by atoms with Gasteiger partial charge in [-0.3, -0.25) is 4.79 Å². The van der Waals surface area contributed by atoms with Crippen LogP contribution in [0.1, 0.15) is 20.8 Å². The van der Waals surface area contributed by atoms with Gasteiger partial charge in [-0.15, -0.1) is 0 Å². The molecule has 0 fully saturated rings. The van der Waals surface area contributed by atoms with Gasteiger partial charge in [-0.25, -0.2) is 8.42 Å². The Balaban J connectivity index is 2.79. The Hall–Kier alpha value is -1.36. The third-order valence-corrected chi connectivity index (χ3v) is 3.57. The van der Waals surface area contributed by atoms with Gasteiger partial charge in [0.25, 0.3) is 0 Å². The lowest BCUT2D eigenvalue weighted by molar-refractivity contribution is -0.120. The van der Waals surface area contributed by atoms with Crippen molar-refractivity contribution >= 4 is 15.7 Å². The van der Waals surface area contributed by atoms with Crippen LogP contribution in [0.3, 0.4) is 0 Å². The van der Waals surface area contributed by atoms with Crippen LogP contribution < -0.4 is 5.32 Å². The van der Waals surface area contributed by atoms with Gasteiger partial charge < -0.3 is 5.32 Å². The maximum absolute atomic E-state index is 11.9. The van der Waals surface area contributed by atoms with Crippen molar-refractivity contribution in [2.45, 2.75) is 31.2 Å². The summed E-state index contributed by atoms with van der Waals surface area (Å²) < 4.78 is 23.7. The van der Waals surface area contributed by atoms with Crippen molar-refractivity contribution in [1.29, 1.82) is 0 Å². The number of nitrogens with one attached hydrogen (secondary N) is 1. The maximum Gasteiger partial charge on any atom is 0.235 e. The van der Waals surface area contributed by atoms with Gasteiger partial charge in [0.2, 0.25) is 5.91 Å². The second-order valence-corrected chi connectivity index (χ2v) is 6.86. The van der Waals surface area contributed by atoms with Crippen molar-refractivity contribution in [1.82, 2.24) is 5.32 Å². The Labute approximate surface area is 102 Å². The molecule has 1 aromatic rings. The minimum Gasteiger partial charge on any atom is -0.351 e. The lowest BCUT2D eigenvalue weighted by atomic mass is 10.1. The van der Waals surface area contributed by atoms with Gasteiger partial charge in [0, 0.05) is 5.54 Å². The van der Waals surface area contributed by atoms with Crippen LogP contribution in [0.5, 0.6) is 0 Å². The van der Waals surface area contributed by atoms with E-state index in [4.69, 9.17) is 0 Å². The zero-order chi connectivity index (χ0) is 13.1. The van der Waals surface area contributed by atoms with E-state index in [1.807, 2.05) is 0 Å². The van der Waals surface area contributed by atoms with E-state index in [1.165, 1.54) is 12.1 Å². The second-order valence-electron chi connectivity index (χ2n) is 4.87. The highest BCUT2D eigenvalue weighted by Crippen LogP contribution is 2.10. The van der Waals surface area contributed by atoms with Gasteiger partial charge in [0.1, 0.15) is 5.75 Å². The standard InChI is InChI=1S/C12H17NO3S/c1-12(2,3)13-11(14)9-17(15,16)10-7-5-4-6-8-10/h4-8H,9H2,1-3H3,(H,13,14). The van der Waals surface area contributed by atoms with E-state index in [2.05, 4.69) is 5.32 Å². The number of hydrogen-bond acceptors (Lipinski definition) is 3. The van der Waals surface area contributed by atoms with E-state index in [0.29, 0.717) is 0 Å². The Morgan fingerprint density at radius 3 is 2.18 bits per heavy atom. The summed E-state index contributed by atoms with van der Waals surface area (Å²) in [6.07, 6.45) is 0. The molecule has 0 saturated heterocycles. The third-order valence-electron chi connectivity index (χ3n) is 1.94. The summed E-state index contributed by atoms with van der Waals surface area (Å²) in [4.78, 5) is 11.7. The van der Waals surface area contributed by atoms with Crippen molar-refractivity contribution in [2.24, 2.45) is 0 Å². The zero-order valence-corrected chi connectivity index (χ0v) is 11.0. The van der Waals surface area contributed by atoms with E-state index >= 15 is 0 Å². The molecule has 0 unspecified atom stereocenters. The molecule has 0 aromatic heterocycles. The largest absolute Gasteiger partial charge is 0.351 e. The average Bonchev–Trinajstić information content (AvgIpc) is 2.15. The van der Waals surface area contributed by atoms with E-state index < -0.39 is 27.0 Å². The fourth-order valence-corrected chi connectivity index (χ4v) is 2.49. The van der Waals surface area contributed by atoms with Crippen molar-refractivity contribution in [2.75, 3.05) is 5.75 Å². The summed E-state index contributed by atoms with van der Waals surface area (Å²) in [5, 5.41) is 2.63. The van der Waals surface area contributed by atoms with Crippen LogP contribution in [-0.4, -0.2) is 25.6 Å². The van der Waals surface area contributed by atoms with E-state index in [-0.39, 0.29) is 4.90 Å². The number of hydrogen-bond donors (Lipinski definition) is 1. The molecule has 0 bridgehead atoms. The fraction of sp³-hybridized carbons (Fsp3) is 0.417. The highest BCUT2D eigenvalue weighted by molar-refractivity contribution is 7.92. The number of carbonyl (C=O) groups is 1. The molecule has 1 rings (SSSR count). The molecule has 0 saturated carbocycles. The first kappa shape index (κ1) is 13.7. The van der Waals surface area contributed by atoms with Gasteiger partial charge in [-0.1, -0.05) is 18.2 Å². The number of rotatable bonds is 3. The SMILES string of the molecule is CC(C)(C)NC(=O)CS(=O)(=O)c1ccccc1. The first-order chi connectivity index (χ1) is 7.71. The number of benzene rings is 1. The summed E-state index contributed by atoms with van der Waals surface area (Å²) in [5.74, 6) is -1.00. The molecule has 1 aromatic carbocycles. The van der Waals surface area contributed by atoms with Crippen molar-refractivity contribution in [3.8, 4) is 0 Å². The number of amides is 1. The van der Waals surface area contributed by atoms with E-state index in [9.17, 15) is 13.2 Å². The van der Waals surface area contributed by atoms with Crippen LogP contribution in [0.25, 0.3) is 0 Å². The Morgan fingerprint density at radius 2 is 1.71 bits per heavy atom. The second kappa shape index (κ2) is 4.87. The first-order valence-electron chi connectivity index (χ1n) is 5.29. The zero-order valence-electron chi connectivity index (χ0n) is 10.2. The third kappa shape index (κ3) is 4.56. The molecule has 0 atom stereocenters. The molecule has 0 aliphatic carbocycles. The van der Waals surface area contributed by atoms with Gasteiger partial charge >= 0.3 is 0 Å². The summed E-state index contributed by atoms with van der Waals surface area (Å²) >= 11 is 0. The lowest BCUT2D eigenvalue weighted by Gasteiger charge is -2.20.